The second-order valence-electron chi connectivity index (χ2n) is 3.07. The fourth-order valence-corrected chi connectivity index (χ4v) is 1.02. The number of allylic oxidation sites excluding steroid dienone is 2. The molecular weight excluding hydrogens is 164 g/mol. The smallest absolute Gasteiger partial charge is 0.140 e. The molecule has 0 saturated carbocycles. The molecule has 0 aromatic heterocycles. The Labute approximate surface area is 80.0 Å². The highest BCUT2D eigenvalue weighted by molar-refractivity contribution is 5.98. The molecule has 74 valence electrons. The zero-order chi connectivity index (χ0) is 10.1. The summed E-state index contributed by atoms with van der Waals surface area (Å²) < 4.78 is 0. The lowest BCUT2D eigenvalue weighted by molar-refractivity contribution is -0.126. The van der Waals surface area contributed by atoms with Crippen molar-refractivity contribution in [3.05, 3.63) is 12.2 Å². The molecule has 0 atom stereocenters. The van der Waals surface area contributed by atoms with E-state index < -0.39 is 0 Å². The number of rotatable bonds is 7. The number of carbonyl (C=O) groups excluding carboxylic acids is 2. The van der Waals surface area contributed by atoms with E-state index in [1.807, 2.05) is 19.1 Å². The molecule has 0 radical (unpaired) electrons. The summed E-state index contributed by atoms with van der Waals surface area (Å²) in [6.07, 6.45) is 6.95. The Balaban J connectivity index is 3.46. The van der Waals surface area contributed by atoms with Gasteiger partial charge in [0.15, 0.2) is 0 Å². The van der Waals surface area contributed by atoms with E-state index in [2.05, 4.69) is 0 Å². The molecule has 0 aromatic carbocycles. The number of unbranched alkanes of at least 4 members (excludes halogenated alkanes) is 1. The number of ketones is 2. The molecule has 0 spiro atoms. The minimum Gasteiger partial charge on any atom is -0.299 e. The van der Waals surface area contributed by atoms with E-state index in [-0.39, 0.29) is 18.0 Å². The van der Waals surface area contributed by atoms with Crippen LogP contribution in [0.4, 0.5) is 0 Å². The Morgan fingerprint density at radius 1 is 1.23 bits per heavy atom. The predicted octanol–water partition coefficient (Wildman–Crippen LogP) is 2.67. The van der Waals surface area contributed by atoms with Crippen molar-refractivity contribution < 1.29 is 9.59 Å². The van der Waals surface area contributed by atoms with Crippen molar-refractivity contribution in [2.45, 2.75) is 46.0 Å². The van der Waals surface area contributed by atoms with Gasteiger partial charge in [-0.05, 0) is 19.8 Å². The number of Topliss-reactive ketones (excluding diaryl/α,β-unsaturated/α-hetero) is 2. The first-order valence-corrected chi connectivity index (χ1v) is 4.85. The third-order valence-corrected chi connectivity index (χ3v) is 1.85. The first-order chi connectivity index (χ1) is 6.20. The van der Waals surface area contributed by atoms with Gasteiger partial charge in [-0.2, -0.15) is 0 Å². The highest BCUT2D eigenvalue weighted by atomic mass is 16.1. The molecule has 0 heterocycles. The van der Waals surface area contributed by atoms with E-state index in [4.69, 9.17) is 0 Å². The lowest BCUT2D eigenvalue weighted by Crippen LogP contribution is -2.05. The van der Waals surface area contributed by atoms with E-state index in [0.717, 1.165) is 12.8 Å². The number of hydrogen-bond acceptors (Lipinski definition) is 2. The van der Waals surface area contributed by atoms with E-state index in [1.54, 1.807) is 6.92 Å². The van der Waals surface area contributed by atoms with Crippen LogP contribution in [0.3, 0.4) is 0 Å². The van der Waals surface area contributed by atoms with Gasteiger partial charge in [-0.3, -0.25) is 9.59 Å². The van der Waals surface area contributed by atoms with Crippen LogP contribution in [0, 0.1) is 0 Å². The Bertz CT molecular complexity index is 192. The molecule has 0 aliphatic rings. The number of hydrogen-bond donors (Lipinski definition) is 0. The third kappa shape index (κ3) is 7.44. The van der Waals surface area contributed by atoms with Crippen LogP contribution in [-0.2, 0) is 9.59 Å². The van der Waals surface area contributed by atoms with E-state index in [0.29, 0.717) is 12.8 Å². The zero-order valence-corrected chi connectivity index (χ0v) is 8.51. The van der Waals surface area contributed by atoms with Gasteiger partial charge in [-0.15, -0.1) is 0 Å². The molecule has 0 aliphatic heterocycles. The topological polar surface area (TPSA) is 34.1 Å². The maximum absolute atomic E-state index is 11.1. The van der Waals surface area contributed by atoms with Crippen molar-refractivity contribution in [3.8, 4) is 0 Å². The van der Waals surface area contributed by atoms with Crippen LogP contribution < -0.4 is 0 Å². The Morgan fingerprint density at radius 2 is 1.92 bits per heavy atom. The van der Waals surface area contributed by atoms with Crippen molar-refractivity contribution in [3.63, 3.8) is 0 Å². The van der Waals surface area contributed by atoms with Crippen LogP contribution in [0.15, 0.2) is 12.2 Å². The van der Waals surface area contributed by atoms with Crippen LogP contribution in [0.25, 0.3) is 0 Å². The molecule has 2 nitrogen and oxygen atoms in total. The Hall–Kier alpha value is -0.920. The third-order valence-electron chi connectivity index (χ3n) is 1.85. The maximum atomic E-state index is 11.1. The van der Waals surface area contributed by atoms with Crippen molar-refractivity contribution in [1.29, 1.82) is 0 Å². The molecule has 0 unspecified atom stereocenters. The predicted molar refractivity (Wildman–Crippen MR) is 53.6 cm³/mol. The fraction of sp³-hybridized carbons (Fsp3) is 0.636. The van der Waals surface area contributed by atoms with Crippen LogP contribution in [0.1, 0.15) is 46.0 Å². The lowest BCUT2D eigenvalue weighted by Gasteiger charge is -1.96. The Kier molecular flexibility index (Phi) is 7.17. The second-order valence-corrected chi connectivity index (χ2v) is 3.07. The minimum atomic E-state index is 0.0519. The largest absolute Gasteiger partial charge is 0.299 e. The van der Waals surface area contributed by atoms with Gasteiger partial charge in [0.25, 0.3) is 0 Å². The van der Waals surface area contributed by atoms with Gasteiger partial charge in [0, 0.05) is 12.8 Å². The van der Waals surface area contributed by atoms with Gasteiger partial charge >= 0.3 is 0 Å². The fourth-order valence-electron chi connectivity index (χ4n) is 1.02. The van der Waals surface area contributed by atoms with Crippen molar-refractivity contribution in [2.24, 2.45) is 0 Å². The maximum Gasteiger partial charge on any atom is 0.140 e. The van der Waals surface area contributed by atoms with Crippen molar-refractivity contribution in [2.75, 3.05) is 0 Å². The van der Waals surface area contributed by atoms with E-state index in [9.17, 15) is 9.59 Å². The molecule has 0 rings (SSSR count). The SMILES string of the molecule is CC=CCCCC(=O)CC(=O)CC. The van der Waals surface area contributed by atoms with Gasteiger partial charge in [0.2, 0.25) is 0 Å². The average molecular weight is 182 g/mol. The first kappa shape index (κ1) is 12.1. The molecule has 0 saturated heterocycles. The Morgan fingerprint density at radius 3 is 2.46 bits per heavy atom. The summed E-state index contributed by atoms with van der Waals surface area (Å²) in [5.41, 5.74) is 0. The van der Waals surface area contributed by atoms with Gasteiger partial charge < -0.3 is 0 Å². The quantitative estimate of drug-likeness (QED) is 0.344. The van der Waals surface area contributed by atoms with Gasteiger partial charge in [-0.1, -0.05) is 19.1 Å². The first-order valence-electron chi connectivity index (χ1n) is 4.85. The highest BCUT2D eigenvalue weighted by Gasteiger charge is 2.06. The van der Waals surface area contributed by atoms with Crippen molar-refractivity contribution in [1.82, 2.24) is 0 Å². The highest BCUT2D eigenvalue weighted by Crippen LogP contribution is 2.01. The molecule has 0 amide bonds. The van der Waals surface area contributed by atoms with Crippen LogP contribution in [0.5, 0.6) is 0 Å². The minimum absolute atomic E-state index is 0.0519. The zero-order valence-electron chi connectivity index (χ0n) is 8.51. The summed E-state index contributed by atoms with van der Waals surface area (Å²) in [6, 6.07) is 0. The van der Waals surface area contributed by atoms with Crippen LogP contribution in [0.2, 0.25) is 0 Å². The molecule has 0 N–H and O–H groups in total. The van der Waals surface area contributed by atoms with Gasteiger partial charge in [0.05, 0.1) is 6.42 Å². The number of carbonyl (C=O) groups is 2. The normalized spacial score (nSPS) is 10.6. The summed E-state index contributed by atoms with van der Waals surface area (Å²) in [5.74, 6) is 0.132. The van der Waals surface area contributed by atoms with E-state index in [1.165, 1.54) is 0 Å². The second kappa shape index (κ2) is 7.71. The molecule has 0 aliphatic carbocycles. The molecule has 13 heavy (non-hydrogen) atoms. The molecular formula is C11H18O2. The van der Waals surface area contributed by atoms with Gasteiger partial charge in [-0.25, -0.2) is 0 Å². The monoisotopic (exact) mass is 182 g/mol. The molecule has 2 heteroatoms. The summed E-state index contributed by atoms with van der Waals surface area (Å²) in [4.78, 5) is 22.0. The molecule has 0 fully saturated rings. The summed E-state index contributed by atoms with van der Waals surface area (Å²) in [5, 5.41) is 0. The molecule has 0 bridgehead atoms. The van der Waals surface area contributed by atoms with Crippen molar-refractivity contribution >= 4 is 11.6 Å². The van der Waals surface area contributed by atoms with Crippen LogP contribution >= 0.6 is 0 Å². The van der Waals surface area contributed by atoms with Gasteiger partial charge in [0.1, 0.15) is 11.6 Å². The standard InChI is InChI=1S/C11H18O2/c1-3-5-6-7-8-11(13)9-10(12)4-2/h3,5H,4,6-9H2,1-2H3. The summed E-state index contributed by atoms with van der Waals surface area (Å²) >= 11 is 0. The summed E-state index contributed by atoms with van der Waals surface area (Å²) in [6.45, 7) is 3.75. The van der Waals surface area contributed by atoms with Crippen LogP contribution in [-0.4, -0.2) is 11.6 Å². The summed E-state index contributed by atoms with van der Waals surface area (Å²) in [7, 11) is 0. The lowest BCUT2D eigenvalue weighted by atomic mass is 10.1. The van der Waals surface area contributed by atoms with E-state index >= 15 is 0 Å². The molecule has 0 aromatic rings. The average Bonchev–Trinajstić information content (AvgIpc) is 2.12.